The number of aromatic amines is 1. The smallest absolute Gasteiger partial charge is 0.346 e. The van der Waals surface area contributed by atoms with Crippen LogP contribution in [0.15, 0.2) is 9.82 Å². The lowest BCUT2D eigenvalue weighted by Crippen LogP contribution is -2.23. The van der Waals surface area contributed by atoms with Gasteiger partial charge in [0.25, 0.3) is 0 Å². The number of H-pyrrole nitrogens is 1. The zero-order valence-corrected chi connectivity index (χ0v) is 10.7. The van der Waals surface area contributed by atoms with E-state index in [2.05, 4.69) is 9.97 Å². The van der Waals surface area contributed by atoms with Crippen LogP contribution in [0.1, 0.15) is 28.9 Å². The van der Waals surface area contributed by atoms with E-state index in [4.69, 9.17) is 9.84 Å². The van der Waals surface area contributed by atoms with Crippen LogP contribution in [0.3, 0.4) is 0 Å². The minimum absolute atomic E-state index is 0.0742. The molecule has 6 nitrogen and oxygen atoms in total. The van der Waals surface area contributed by atoms with Gasteiger partial charge < -0.3 is 14.8 Å². The Bertz CT molecular complexity index is 508. The van der Waals surface area contributed by atoms with Gasteiger partial charge in [-0.15, -0.1) is 0 Å². The molecular weight excluding hydrogens is 256 g/mol. The number of rotatable bonds is 3. The van der Waals surface area contributed by atoms with Crippen molar-refractivity contribution in [1.29, 1.82) is 0 Å². The van der Waals surface area contributed by atoms with Crippen molar-refractivity contribution in [3.05, 3.63) is 21.7 Å². The molecular formula is C11H14N2O4S. The second-order valence-corrected chi connectivity index (χ2v) is 5.40. The number of hydrogen-bond donors (Lipinski definition) is 2. The number of nitrogens with zero attached hydrogens (tertiary/aromatic N) is 1. The zero-order valence-electron chi connectivity index (χ0n) is 9.93. The first kappa shape index (κ1) is 13.1. The van der Waals surface area contributed by atoms with E-state index in [-0.39, 0.29) is 15.8 Å². The maximum absolute atomic E-state index is 11.3. The Balaban J connectivity index is 2.30. The number of carboxylic acids is 1. The highest BCUT2D eigenvalue weighted by Crippen LogP contribution is 2.29. The summed E-state index contributed by atoms with van der Waals surface area (Å²) >= 11 is 1.31. The van der Waals surface area contributed by atoms with Gasteiger partial charge in [0.2, 0.25) is 0 Å². The van der Waals surface area contributed by atoms with Gasteiger partial charge in [0, 0.05) is 17.6 Å². The Labute approximate surface area is 108 Å². The van der Waals surface area contributed by atoms with E-state index in [1.165, 1.54) is 11.8 Å². The highest BCUT2D eigenvalue weighted by Gasteiger charge is 2.22. The molecule has 1 atom stereocenters. The standard InChI is InChI=1S/C11H14N2O4S/c1-6-8(10(14)15)9(13-11(16)12-6)18-7-3-2-4-17-5-7/h7H,2-5H2,1H3,(H,14,15)(H,12,13,16). The zero-order chi connectivity index (χ0) is 13.1. The summed E-state index contributed by atoms with van der Waals surface area (Å²) in [6, 6.07) is 0. The predicted molar refractivity (Wildman–Crippen MR) is 66.3 cm³/mol. The molecule has 1 saturated heterocycles. The molecule has 1 aromatic rings. The van der Waals surface area contributed by atoms with E-state index in [1.54, 1.807) is 6.92 Å². The Morgan fingerprint density at radius 1 is 1.61 bits per heavy atom. The van der Waals surface area contributed by atoms with Crippen molar-refractivity contribution in [3.8, 4) is 0 Å². The summed E-state index contributed by atoms with van der Waals surface area (Å²) in [6.45, 7) is 2.87. The van der Waals surface area contributed by atoms with Crippen molar-refractivity contribution in [3.63, 3.8) is 0 Å². The van der Waals surface area contributed by atoms with Crippen LogP contribution in [0, 0.1) is 6.92 Å². The molecule has 18 heavy (non-hydrogen) atoms. The van der Waals surface area contributed by atoms with Crippen LogP contribution in [0.4, 0.5) is 0 Å². The maximum atomic E-state index is 11.3. The lowest BCUT2D eigenvalue weighted by atomic mass is 10.2. The molecule has 1 fully saturated rings. The highest BCUT2D eigenvalue weighted by molar-refractivity contribution is 8.00. The molecule has 1 unspecified atom stereocenters. The fraction of sp³-hybridized carbons (Fsp3) is 0.545. The fourth-order valence-electron chi connectivity index (χ4n) is 1.86. The molecule has 0 saturated carbocycles. The van der Waals surface area contributed by atoms with Gasteiger partial charge in [-0.2, -0.15) is 4.98 Å². The van der Waals surface area contributed by atoms with E-state index < -0.39 is 11.7 Å². The Morgan fingerprint density at radius 3 is 3.00 bits per heavy atom. The maximum Gasteiger partial charge on any atom is 0.346 e. The third kappa shape index (κ3) is 2.91. The van der Waals surface area contributed by atoms with Crippen molar-refractivity contribution in [1.82, 2.24) is 9.97 Å². The summed E-state index contributed by atoms with van der Waals surface area (Å²) in [6.07, 6.45) is 1.89. The molecule has 2 rings (SSSR count). The first-order valence-electron chi connectivity index (χ1n) is 5.66. The number of thioether (sulfide) groups is 1. The number of carboxylic acid groups (broad SMARTS) is 1. The third-order valence-corrected chi connectivity index (χ3v) is 3.92. The van der Waals surface area contributed by atoms with Crippen LogP contribution in [0.25, 0.3) is 0 Å². The molecule has 98 valence electrons. The Kier molecular flexibility index (Phi) is 4.03. The molecule has 1 aliphatic heterocycles. The van der Waals surface area contributed by atoms with Gasteiger partial charge in [0.15, 0.2) is 0 Å². The summed E-state index contributed by atoms with van der Waals surface area (Å²) < 4.78 is 5.33. The Hall–Kier alpha value is -1.34. The van der Waals surface area contributed by atoms with Gasteiger partial charge in [0.05, 0.1) is 6.61 Å². The molecule has 0 radical (unpaired) electrons. The molecule has 0 amide bonds. The summed E-state index contributed by atoms with van der Waals surface area (Å²) in [5, 5.41) is 9.60. The predicted octanol–water partition coefficient (Wildman–Crippen LogP) is 1.05. The number of aromatic nitrogens is 2. The van der Waals surface area contributed by atoms with E-state index >= 15 is 0 Å². The van der Waals surface area contributed by atoms with Crippen LogP contribution in [-0.2, 0) is 4.74 Å². The minimum Gasteiger partial charge on any atom is -0.478 e. The van der Waals surface area contributed by atoms with E-state index in [1.807, 2.05) is 0 Å². The lowest BCUT2D eigenvalue weighted by molar-refractivity contribution is 0.0690. The van der Waals surface area contributed by atoms with Gasteiger partial charge in [-0.05, 0) is 19.8 Å². The normalized spacial score (nSPS) is 19.7. The largest absolute Gasteiger partial charge is 0.478 e. The molecule has 1 aliphatic rings. The highest BCUT2D eigenvalue weighted by atomic mass is 32.2. The number of aromatic carboxylic acids is 1. The first-order chi connectivity index (χ1) is 8.58. The van der Waals surface area contributed by atoms with Gasteiger partial charge in [-0.3, -0.25) is 0 Å². The first-order valence-corrected chi connectivity index (χ1v) is 6.54. The van der Waals surface area contributed by atoms with E-state index in [0.717, 1.165) is 19.4 Å². The number of ether oxygens (including phenoxy) is 1. The average molecular weight is 270 g/mol. The summed E-state index contributed by atoms with van der Waals surface area (Å²) in [4.78, 5) is 28.7. The topological polar surface area (TPSA) is 92.3 Å². The number of hydrogen-bond acceptors (Lipinski definition) is 5. The molecule has 7 heteroatoms. The molecule has 2 heterocycles. The number of nitrogens with one attached hydrogen (secondary N) is 1. The van der Waals surface area contributed by atoms with E-state index in [9.17, 15) is 9.59 Å². The summed E-state index contributed by atoms with van der Waals surface area (Å²) in [5.74, 6) is -1.07. The average Bonchev–Trinajstić information content (AvgIpc) is 2.28. The third-order valence-electron chi connectivity index (χ3n) is 2.70. The summed E-state index contributed by atoms with van der Waals surface area (Å²) in [7, 11) is 0. The monoisotopic (exact) mass is 270 g/mol. The second-order valence-electron chi connectivity index (χ2n) is 4.11. The molecule has 2 N–H and O–H groups in total. The molecule has 1 aromatic heterocycles. The van der Waals surface area contributed by atoms with Crippen molar-refractivity contribution >= 4 is 17.7 Å². The van der Waals surface area contributed by atoms with Crippen LogP contribution in [-0.4, -0.2) is 39.5 Å². The fourth-order valence-corrected chi connectivity index (χ4v) is 3.12. The number of carbonyl (C=O) groups is 1. The van der Waals surface area contributed by atoms with Gasteiger partial charge in [-0.1, -0.05) is 11.8 Å². The molecule has 0 bridgehead atoms. The van der Waals surface area contributed by atoms with E-state index in [0.29, 0.717) is 12.3 Å². The quantitative estimate of drug-likeness (QED) is 0.797. The summed E-state index contributed by atoms with van der Waals surface area (Å²) in [5.41, 5.74) is -0.108. The minimum atomic E-state index is -1.07. The number of aryl methyl sites for hydroxylation is 1. The van der Waals surface area contributed by atoms with Gasteiger partial charge in [-0.25, -0.2) is 9.59 Å². The second kappa shape index (κ2) is 5.53. The van der Waals surface area contributed by atoms with Crippen molar-refractivity contribution in [2.75, 3.05) is 13.2 Å². The lowest BCUT2D eigenvalue weighted by Gasteiger charge is -2.21. The van der Waals surface area contributed by atoms with Crippen molar-refractivity contribution in [2.24, 2.45) is 0 Å². The molecule has 0 aliphatic carbocycles. The SMILES string of the molecule is Cc1[nH]c(=O)nc(SC2CCCOC2)c1C(=O)O. The molecule has 0 spiro atoms. The van der Waals surface area contributed by atoms with Crippen molar-refractivity contribution < 1.29 is 14.6 Å². The van der Waals surface area contributed by atoms with Gasteiger partial charge in [0.1, 0.15) is 10.6 Å². The van der Waals surface area contributed by atoms with Crippen LogP contribution < -0.4 is 5.69 Å². The van der Waals surface area contributed by atoms with Gasteiger partial charge >= 0.3 is 11.7 Å². The molecule has 0 aromatic carbocycles. The van der Waals surface area contributed by atoms with Crippen LogP contribution >= 0.6 is 11.8 Å². The van der Waals surface area contributed by atoms with Crippen LogP contribution in [0.2, 0.25) is 0 Å². The van der Waals surface area contributed by atoms with Crippen molar-refractivity contribution in [2.45, 2.75) is 30.0 Å². The Morgan fingerprint density at radius 2 is 2.39 bits per heavy atom. The van der Waals surface area contributed by atoms with Crippen LogP contribution in [0.5, 0.6) is 0 Å².